The van der Waals surface area contributed by atoms with Crippen molar-refractivity contribution in [2.75, 3.05) is 0 Å². The van der Waals surface area contributed by atoms with E-state index >= 15 is 0 Å². The summed E-state index contributed by atoms with van der Waals surface area (Å²) >= 11 is 0. The van der Waals surface area contributed by atoms with Crippen LogP contribution >= 0.6 is 0 Å². The van der Waals surface area contributed by atoms with E-state index in [1.165, 1.54) is 69.8 Å². The molecule has 3 unspecified atom stereocenters. The lowest BCUT2D eigenvalue weighted by atomic mass is 10.0. The van der Waals surface area contributed by atoms with Crippen LogP contribution in [0.15, 0.2) is 30.3 Å². The molecule has 0 bridgehead atoms. The minimum Gasteiger partial charge on any atom is -0.481 e. The van der Waals surface area contributed by atoms with Gasteiger partial charge in [0.15, 0.2) is 0 Å². The topological polar surface area (TPSA) is 46.5 Å². The van der Waals surface area contributed by atoms with Gasteiger partial charge in [-0.25, -0.2) is 0 Å². The summed E-state index contributed by atoms with van der Waals surface area (Å²) in [5.41, 5.74) is 1.25. The van der Waals surface area contributed by atoms with Crippen molar-refractivity contribution in [2.24, 2.45) is 11.8 Å². The van der Waals surface area contributed by atoms with Gasteiger partial charge in [0.2, 0.25) is 0 Å². The fourth-order valence-electron chi connectivity index (χ4n) is 4.17. The molecule has 0 aromatic heterocycles. The van der Waals surface area contributed by atoms with Crippen LogP contribution in [0.3, 0.4) is 0 Å². The quantitative estimate of drug-likeness (QED) is 0.292. The number of ether oxygens (including phenoxy) is 1. The molecular formula is C25H40O3. The first-order valence-electron chi connectivity index (χ1n) is 11.6. The zero-order chi connectivity index (χ0) is 20.0. The van der Waals surface area contributed by atoms with Gasteiger partial charge in [-0.3, -0.25) is 4.79 Å². The van der Waals surface area contributed by atoms with Crippen molar-refractivity contribution in [1.29, 1.82) is 0 Å². The molecule has 3 heteroatoms. The Morgan fingerprint density at radius 3 is 2.39 bits per heavy atom. The number of carboxylic acids is 1. The highest BCUT2D eigenvalue weighted by Gasteiger charge is 2.37. The van der Waals surface area contributed by atoms with E-state index < -0.39 is 5.97 Å². The lowest BCUT2D eigenvalue weighted by Crippen LogP contribution is -2.13. The fraction of sp³-hybridized carbons (Fsp3) is 0.720. The number of unbranched alkanes of at least 4 members (excludes halogenated alkanes) is 6. The number of aliphatic carboxylic acids is 1. The first-order chi connectivity index (χ1) is 13.7. The predicted molar refractivity (Wildman–Crippen MR) is 115 cm³/mol. The highest BCUT2D eigenvalue weighted by Crippen LogP contribution is 2.44. The minimum absolute atomic E-state index is 0.361. The van der Waals surface area contributed by atoms with Gasteiger partial charge in [-0.2, -0.15) is 0 Å². The van der Waals surface area contributed by atoms with Crippen molar-refractivity contribution in [3.8, 4) is 0 Å². The molecular weight excluding hydrogens is 348 g/mol. The second-order valence-electron chi connectivity index (χ2n) is 8.61. The van der Waals surface area contributed by atoms with Gasteiger partial charge in [-0.1, -0.05) is 95.0 Å². The van der Waals surface area contributed by atoms with E-state index in [9.17, 15) is 4.79 Å². The maximum absolute atomic E-state index is 10.8. The molecule has 0 heterocycles. The second-order valence-corrected chi connectivity index (χ2v) is 8.61. The average molecular weight is 389 g/mol. The molecule has 1 fully saturated rings. The van der Waals surface area contributed by atoms with Gasteiger partial charge in [0, 0.05) is 6.42 Å². The Kier molecular flexibility index (Phi) is 11.3. The molecule has 0 amide bonds. The number of carboxylic acid groups (broad SMARTS) is 1. The monoisotopic (exact) mass is 388 g/mol. The zero-order valence-electron chi connectivity index (χ0n) is 17.8. The van der Waals surface area contributed by atoms with Crippen LogP contribution in [0.2, 0.25) is 0 Å². The largest absolute Gasteiger partial charge is 0.481 e. The molecule has 1 saturated carbocycles. The fourth-order valence-corrected chi connectivity index (χ4v) is 4.17. The smallest absolute Gasteiger partial charge is 0.303 e. The number of carbonyl (C=O) groups is 1. The third-order valence-electron chi connectivity index (χ3n) is 6.07. The molecule has 2 rings (SSSR count). The van der Waals surface area contributed by atoms with Crippen LogP contribution < -0.4 is 0 Å². The van der Waals surface area contributed by atoms with Crippen molar-refractivity contribution < 1.29 is 14.6 Å². The maximum Gasteiger partial charge on any atom is 0.303 e. The molecule has 3 nitrogen and oxygen atoms in total. The average Bonchev–Trinajstić information content (AvgIpc) is 3.42. The SMILES string of the molecule is CCCCCCCCC(CCCCC1CC1CC(=O)O)OCc1ccccc1. The molecule has 158 valence electrons. The van der Waals surface area contributed by atoms with Crippen molar-refractivity contribution in [1.82, 2.24) is 0 Å². The maximum atomic E-state index is 10.8. The van der Waals surface area contributed by atoms with Gasteiger partial charge in [0.05, 0.1) is 12.7 Å². The minimum atomic E-state index is -0.638. The lowest BCUT2D eigenvalue weighted by molar-refractivity contribution is -0.137. The Morgan fingerprint density at radius 2 is 1.68 bits per heavy atom. The van der Waals surface area contributed by atoms with E-state index in [0.29, 0.717) is 31.0 Å². The predicted octanol–water partition coefficient (Wildman–Crippen LogP) is 6.99. The molecule has 3 atom stereocenters. The molecule has 28 heavy (non-hydrogen) atoms. The number of hydrogen-bond acceptors (Lipinski definition) is 2. The van der Waals surface area contributed by atoms with Crippen LogP contribution in [-0.2, 0) is 16.1 Å². The van der Waals surface area contributed by atoms with Crippen LogP contribution in [0.5, 0.6) is 0 Å². The third-order valence-corrected chi connectivity index (χ3v) is 6.07. The first kappa shape index (κ1) is 22.9. The molecule has 0 radical (unpaired) electrons. The van der Waals surface area contributed by atoms with E-state index in [1.807, 2.05) is 6.07 Å². The zero-order valence-corrected chi connectivity index (χ0v) is 17.8. The van der Waals surface area contributed by atoms with E-state index in [1.54, 1.807) is 0 Å². The molecule has 0 saturated heterocycles. The van der Waals surface area contributed by atoms with Crippen molar-refractivity contribution in [3.63, 3.8) is 0 Å². The van der Waals surface area contributed by atoms with Crippen LogP contribution in [0.1, 0.15) is 96.0 Å². The highest BCUT2D eigenvalue weighted by atomic mass is 16.5. The van der Waals surface area contributed by atoms with Gasteiger partial charge in [0.1, 0.15) is 0 Å². The molecule has 1 aliphatic rings. The molecule has 1 aromatic rings. The van der Waals surface area contributed by atoms with Crippen molar-refractivity contribution in [2.45, 2.75) is 103 Å². The summed E-state index contributed by atoms with van der Waals surface area (Å²) in [7, 11) is 0. The van der Waals surface area contributed by atoms with Crippen LogP contribution in [0.4, 0.5) is 0 Å². The summed E-state index contributed by atoms with van der Waals surface area (Å²) in [6.45, 7) is 2.98. The summed E-state index contributed by atoms with van der Waals surface area (Å²) in [5, 5.41) is 8.87. The highest BCUT2D eigenvalue weighted by molar-refractivity contribution is 5.67. The normalized spacial score (nSPS) is 19.5. The summed E-state index contributed by atoms with van der Waals surface area (Å²) in [6.07, 6.45) is 15.7. The van der Waals surface area contributed by atoms with Crippen molar-refractivity contribution >= 4 is 5.97 Å². The third kappa shape index (κ3) is 10.3. The van der Waals surface area contributed by atoms with Crippen molar-refractivity contribution in [3.05, 3.63) is 35.9 Å². The van der Waals surface area contributed by atoms with Gasteiger partial charge in [0.25, 0.3) is 0 Å². The van der Waals surface area contributed by atoms with Crippen LogP contribution in [0, 0.1) is 11.8 Å². The second kappa shape index (κ2) is 13.8. The number of benzene rings is 1. The Hall–Kier alpha value is -1.35. The summed E-state index contributed by atoms with van der Waals surface area (Å²) in [6, 6.07) is 10.5. The summed E-state index contributed by atoms with van der Waals surface area (Å²) in [4.78, 5) is 10.8. The number of rotatable bonds is 17. The van der Waals surface area contributed by atoms with Crippen LogP contribution in [0.25, 0.3) is 0 Å². The van der Waals surface area contributed by atoms with Gasteiger partial charge >= 0.3 is 5.97 Å². The van der Waals surface area contributed by atoms with E-state index in [2.05, 4.69) is 31.2 Å². The van der Waals surface area contributed by atoms with E-state index in [0.717, 1.165) is 12.8 Å². The Morgan fingerprint density at radius 1 is 1.00 bits per heavy atom. The Labute approximate surface area is 171 Å². The van der Waals surface area contributed by atoms with E-state index in [4.69, 9.17) is 9.84 Å². The Balaban J connectivity index is 1.62. The Bertz CT molecular complexity index is 528. The molecule has 0 spiro atoms. The van der Waals surface area contributed by atoms with Gasteiger partial charge < -0.3 is 9.84 Å². The standard InChI is InChI=1S/C25H40O3/c1-2-3-4-5-6-10-16-24(28-20-21-13-8-7-9-14-21)17-12-11-15-22-18-23(22)19-25(26)27/h7-9,13-14,22-24H,2-6,10-12,15-20H2,1H3,(H,26,27). The molecule has 0 aliphatic heterocycles. The van der Waals surface area contributed by atoms with E-state index in [-0.39, 0.29) is 0 Å². The summed E-state index contributed by atoms with van der Waals surface area (Å²) in [5.74, 6) is 0.477. The molecule has 1 N–H and O–H groups in total. The van der Waals surface area contributed by atoms with Gasteiger partial charge in [-0.05, 0) is 36.7 Å². The first-order valence-corrected chi connectivity index (χ1v) is 11.6. The lowest BCUT2D eigenvalue weighted by Gasteiger charge is -2.18. The van der Waals surface area contributed by atoms with Gasteiger partial charge in [-0.15, -0.1) is 0 Å². The molecule has 1 aromatic carbocycles. The number of hydrogen-bond donors (Lipinski definition) is 1. The van der Waals surface area contributed by atoms with Crippen LogP contribution in [-0.4, -0.2) is 17.2 Å². The molecule has 1 aliphatic carbocycles. The summed E-state index contributed by atoms with van der Waals surface area (Å²) < 4.78 is 6.27.